The number of aryl methyl sites for hydroxylation is 1. The fourth-order valence-electron chi connectivity index (χ4n) is 5.77. The number of rotatable bonds is 23. The molecule has 0 spiro atoms. The van der Waals surface area contributed by atoms with Crippen LogP contribution >= 0.6 is 11.8 Å². The van der Waals surface area contributed by atoms with Gasteiger partial charge in [0.15, 0.2) is 0 Å². The summed E-state index contributed by atoms with van der Waals surface area (Å²) in [6.45, 7) is 4.79. The lowest BCUT2D eigenvalue weighted by Gasteiger charge is -2.27. The lowest BCUT2D eigenvalue weighted by Crippen LogP contribution is -2.30. The maximum atomic E-state index is 12.0. The molecule has 0 saturated heterocycles. The second kappa shape index (κ2) is 20.8. The molecule has 0 amide bonds. The number of carbonyl (C=O) groups excluding carboxylic acids is 1. The smallest absolute Gasteiger partial charge is 0.305 e. The fourth-order valence-corrected chi connectivity index (χ4v) is 7.35. The summed E-state index contributed by atoms with van der Waals surface area (Å²) in [5.74, 6) is 1.01. The van der Waals surface area contributed by atoms with Crippen molar-refractivity contribution in [3.8, 4) is 0 Å². The largest absolute Gasteiger partial charge is 0.466 e. The number of unbranched alkanes of at least 4 members (excludes halogenated alkanes) is 10. The van der Waals surface area contributed by atoms with Crippen LogP contribution in [0.1, 0.15) is 135 Å². The SMILES string of the molecule is CCCCCCCCCCOC(=O)CCCCCCC1C(O)CCC1SCC(C)(O)CCCc1ccccc1. The lowest BCUT2D eigenvalue weighted by atomic mass is 9.97. The van der Waals surface area contributed by atoms with Crippen molar-refractivity contribution >= 4 is 17.7 Å². The number of hydrogen-bond donors (Lipinski definition) is 2. The number of benzene rings is 1. The Bertz CT molecular complexity index is 738. The summed E-state index contributed by atoms with van der Waals surface area (Å²) in [5, 5.41) is 21.9. The van der Waals surface area contributed by atoms with Gasteiger partial charge in [-0.25, -0.2) is 0 Å². The standard InChI is InChI=1S/C34H58O4S/c1-3-4-5-6-7-8-11-17-27-38-33(36)23-16-10-9-15-22-30-31(35)24-25-32(30)39-28-34(2,37)26-18-21-29-19-13-12-14-20-29/h12-14,19-20,30-32,35,37H,3-11,15-18,21-28H2,1-2H3. The summed E-state index contributed by atoms with van der Waals surface area (Å²) >= 11 is 1.87. The number of aliphatic hydroxyl groups excluding tert-OH is 1. The number of aliphatic hydroxyl groups is 2. The number of thioether (sulfide) groups is 1. The number of esters is 1. The molecule has 39 heavy (non-hydrogen) atoms. The zero-order valence-electron chi connectivity index (χ0n) is 25.1. The van der Waals surface area contributed by atoms with Crippen molar-refractivity contribution in [1.29, 1.82) is 0 Å². The van der Waals surface area contributed by atoms with E-state index in [0.717, 1.165) is 82.8 Å². The highest BCUT2D eigenvalue weighted by Crippen LogP contribution is 2.40. The van der Waals surface area contributed by atoms with E-state index in [-0.39, 0.29) is 12.1 Å². The molecule has 1 aliphatic carbocycles. The minimum Gasteiger partial charge on any atom is -0.466 e. The Morgan fingerprint density at radius 2 is 1.59 bits per heavy atom. The Hall–Kier alpha value is -1.04. The summed E-state index contributed by atoms with van der Waals surface area (Å²) in [5.41, 5.74) is 0.663. The minimum atomic E-state index is -0.666. The van der Waals surface area contributed by atoms with Gasteiger partial charge in [-0.1, -0.05) is 101 Å². The predicted octanol–water partition coefficient (Wildman–Crippen LogP) is 8.66. The third-order valence-corrected chi connectivity index (χ3v) is 10.1. The van der Waals surface area contributed by atoms with E-state index in [1.165, 1.54) is 44.1 Å². The molecule has 0 radical (unpaired) electrons. The van der Waals surface area contributed by atoms with Crippen LogP contribution in [0.2, 0.25) is 0 Å². The minimum absolute atomic E-state index is 0.0450. The predicted molar refractivity (Wildman–Crippen MR) is 166 cm³/mol. The van der Waals surface area contributed by atoms with Gasteiger partial charge in [0, 0.05) is 17.4 Å². The van der Waals surface area contributed by atoms with Gasteiger partial charge in [0.2, 0.25) is 0 Å². The maximum Gasteiger partial charge on any atom is 0.305 e. The molecule has 0 heterocycles. The van der Waals surface area contributed by atoms with Crippen molar-refractivity contribution in [2.75, 3.05) is 12.4 Å². The van der Waals surface area contributed by atoms with Gasteiger partial charge < -0.3 is 14.9 Å². The van der Waals surface area contributed by atoms with E-state index >= 15 is 0 Å². The van der Waals surface area contributed by atoms with Crippen molar-refractivity contribution in [3.63, 3.8) is 0 Å². The first-order chi connectivity index (χ1) is 18.9. The molecule has 2 rings (SSSR count). The average molecular weight is 563 g/mol. The summed E-state index contributed by atoms with van der Waals surface area (Å²) in [4.78, 5) is 12.0. The second-order valence-electron chi connectivity index (χ2n) is 12.1. The molecule has 224 valence electrons. The van der Waals surface area contributed by atoms with Crippen LogP contribution in [0, 0.1) is 5.92 Å². The van der Waals surface area contributed by atoms with E-state index in [4.69, 9.17) is 4.74 Å². The van der Waals surface area contributed by atoms with Crippen LogP contribution in [0.4, 0.5) is 0 Å². The topological polar surface area (TPSA) is 66.8 Å². The molecule has 4 nitrogen and oxygen atoms in total. The molecular weight excluding hydrogens is 504 g/mol. The van der Waals surface area contributed by atoms with E-state index in [9.17, 15) is 15.0 Å². The monoisotopic (exact) mass is 562 g/mol. The zero-order chi connectivity index (χ0) is 28.2. The van der Waals surface area contributed by atoms with E-state index in [1.807, 2.05) is 24.8 Å². The third-order valence-electron chi connectivity index (χ3n) is 8.28. The number of ether oxygens (including phenoxy) is 1. The maximum absolute atomic E-state index is 12.0. The Labute approximate surface area is 244 Å². The Balaban J connectivity index is 1.49. The third kappa shape index (κ3) is 16.1. The average Bonchev–Trinajstić information content (AvgIpc) is 3.28. The quantitative estimate of drug-likeness (QED) is 0.103. The van der Waals surface area contributed by atoms with Gasteiger partial charge in [-0.3, -0.25) is 4.79 Å². The highest BCUT2D eigenvalue weighted by atomic mass is 32.2. The van der Waals surface area contributed by atoms with Crippen LogP contribution in [0.3, 0.4) is 0 Å². The first-order valence-electron chi connectivity index (χ1n) is 16.1. The van der Waals surface area contributed by atoms with Gasteiger partial charge >= 0.3 is 5.97 Å². The van der Waals surface area contributed by atoms with Crippen LogP contribution in [-0.4, -0.2) is 45.5 Å². The fraction of sp³-hybridized carbons (Fsp3) is 0.794. The van der Waals surface area contributed by atoms with E-state index in [2.05, 4.69) is 31.2 Å². The molecule has 4 atom stereocenters. The molecule has 1 saturated carbocycles. The van der Waals surface area contributed by atoms with E-state index < -0.39 is 5.60 Å². The Morgan fingerprint density at radius 3 is 2.33 bits per heavy atom. The Morgan fingerprint density at radius 1 is 0.923 bits per heavy atom. The molecule has 0 aliphatic heterocycles. The van der Waals surface area contributed by atoms with Crippen molar-refractivity contribution in [1.82, 2.24) is 0 Å². The summed E-state index contributed by atoms with van der Waals surface area (Å²) in [6.07, 6.45) is 20.3. The number of hydrogen-bond acceptors (Lipinski definition) is 5. The number of carbonyl (C=O) groups is 1. The van der Waals surface area contributed by atoms with Gasteiger partial charge in [-0.2, -0.15) is 11.8 Å². The van der Waals surface area contributed by atoms with Gasteiger partial charge in [0.05, 0.1) is 18.3 Å². The molecule has 1 aromatic rings. The molecule has 1 fully saturated rings. The van der Waals surface area contributed by atoms with E-state index in [0.29, 0.717) is 24.2 Å². The van der Waals surface area contributed by atoms with Crippen molar-refractivity contribution in [3.05, 3.63) is 35.9 Å². The first kappa shape index (κ1) is 34.2. The molecule has 1 aliphatic rings. The Kier molecular flexibility index (Phi) is 18.2. The van der Waals surface area contributed by atoms with Gasteiger partial charge in [-0.15, -0.1) is 0 Å². The highest BCUT2D eigenvalue weighted by Gasteiger charge is 2.36. The van der Waals surface area contributed by atoms with Crippen LogP contribution in [-0.2, 0) is 16.0 Å². The highest BCUT2D eigenvalue weighted by molar-refractivity contribution is 8.00. The molecular formula is C34H58O4S. The lowest BCUT2D eigenvalue weighted by molar-refractivity contribution is -0.143. The first-order valence-corrected chi connectivity index (χ1v) is 17.2. The van der Waals surface area contributed by atoms with Crippen LogP contribution < -0.4 is 0 Å². The molecule has 0 aromatic heterocycles. The van der Waals surface area contributed by atoms with Crippen molar-refractivity contribution in [2.45, 2.75) is 153 Å². The molecule has 5 heteroatoms. The summed E-state index contributed by atoms with van der Waals surface area (Å²) in [7, 11) is 0. The van der Waals surface area contributed by atoms with Gasteiger partial charge in [0.1, 0.15) is 0 Å². The van der Waals surface area contributed by atoms with Crippen molar-refractivity contribution in [2.24, 2.45) is 5.92 Å². The zero-order valence-corrected chi connectivity index (χ0v) is 25.9. The molecule has 2 N–H and O–H groups in total. The molecule has 4 unspecified atom stereocenters. The van der Waals surface area contributed by atoms with Crippen LogP contribution in [0.25, 0.3) is 0 Å². The van der Waals surface area contributed by atoms with Crippen molar-refractivity contribution < 1.29 is 19.7 Å². The van der Waals surface area contributed by atoms with Gasteiger partial charge in [0.25, 0.3) is 0 Å². The molecule has 1 aromatic carbocycles. The van der Waals surface area contributed by atoms with Gasteiger partial charge in [-0.05, 0) is 69.8 Å². The summed E-state index contributed by atoms with van der Waals surface area (Å²) in [6, 6.07) is 10.5. The van der Waals surface area contributed by atoms with Crippen LogP contribution in [0.5, 0.6) is 0 Å². The van der Waals surface area contributed by atoms with E-state index in [1.54, 1.807) is 0 Å². The van der Waals surface area contributed by atoms with Crippen LogP contribution in [0.15, 0.2) is 30.3 Å². The normalized spacial score (nSPS) is 20.7. The molecule has 0 bridgehead atoms. The summed E-state index contributed by atoms with van der Waals surface area (Å²) < 4.78 is 5.41. The second-order valence-corrected chi connectivity index (χ2v) is 13.4.